The standard InChI is InChI=1S/C9H13BN2O2/c1-2-3-14-12-8-4-7(10)5-11(6-8)9(12)13/h2,4,8H,1,3,5-6,10H2. The van der Waals surface area contributed by atoms with Crippen molar-refractivity contribution in [1.82, 2.24) is 9.96 Å². The van der Waals surface area contributed by atoms with E-state index in [1.165, 1.54) is 10.5 Å². The van der Waals surface area contributed by atoms with Crippen LogP contribution in [-0.2, 0) is 4.84 Å². The quantitative estimate of drug-likeness (QED) is 0.456. The molecule has 1 saturated heterocycles. The third-order valence-corrected chi connectivity index (χ3v) is 2.42. The highest BCUT2D eigenvalue weighted by Gasteiger charge is 2.39. The van der Waals surface area contributed by atoms with Crippen LogP contribution in [-0.4, -0.2) is 49.6 Å². The molecule has 1 unspecified atom stereocenters. The number of carbonyl (C=O) groups is 1. The molecule has 1 atom stereocenters. The molecular weight excluding hydrogens is 179 g/mol. The average molecular weight is 192 g/mol. The Morgan fingerprint density at radius 2 is 2.57 bits per heavy atom. The van der Waals surface area contributed by atoms with E-state index in [2.05, 4.69) is 12.7 Å². The van der Waals surface area contributed by atoms with Gasteiger partial charge in [0, 0.05) is 13.1 Å². The van der Waals surface area contributed by atoms with E-state index in [4.69, 9.17) is 4.84 Å². The highest BCUT2D eigenvalue weighted by Crippen LogP contribution is 2.23. The molecule has 2 aliphatic heterocycles. The van der Waals surface area contributed by atoms with Gasteiger partial charge in [0.25, 0.3) is 0 Å². The summed E-state index contributed by atoms with van der Waals surface area (Å²) in [5, 5.41) is 1.44. The lowest BCUT2D eigenvalue weighted by molar-refractivity contribution is -0.107. The SMILES string of the molecule is BC1=CC2CN(C1)C(=O)N2OCC=C. The molecule has 14 heavy (non-hydrogen) atoms. The van der Waals surface area contributed by atoms with Crippen molar-refractivity contribution < 1.29 is 9.63 Å². The van der Waals surface area contributed by atoms with Gasteiger partial charge in [-0.2, -0.15) is 5.06 Å². The monoisotopic (exact) mass is 192 g/mol. The van der Waals surface area contributed by atoms with Gasteiger partial charge in [0.15, 0.2) is 0 Å². The molecule has 5 heteroatoms. The normalized spacial score (nSPS) is 25.3. The van der Waals surface area contributed by atoms with Crippen LogP contribution in [0.4, 0.5) is 4.79 Å². The van der Waals surface area contributed by atoms with E-state index in [0.29, 0.717) is 6.61 Å². The Morgan fingerprint density at radius 1 is 1.79 bits per heavy atom. The number of fused-ring (bicyclic) bond motifs is 2. The molecule has 0 aromatic heterocycles. The predicted molar refractivity (Wildman–Crippen MR) is 55.4 cm³/mol. The number of rotatable bonds is 3. The summed E-state index contributed by atoms with van der Waals surface area (Å²) in [4.78, 5) is 18.8. The van der Waals surface area contributed by atoms with Gasteiger partial charge >= 0.3 is 6.03 Å². The summed E-state index contributed by atoms with van der Waals surface area (Å²) in [5.74, 6) is 0. The number of hydrogen-bond donors (Lipinski definition) is 0. The van der Waals surface area contributed by atoms with Crippen LogP contribution < -0.4 is 0 Å². The van der Waals surface area contributed by atoms with Crippen molar-refractivity contribution in [3.8, 4) is 0 Å². The van der Waals surface area contributed by atoms with Crippen LogP contribution in [0, 0.1) is 0 Å². The first-order valence-corrected chi connectivity index (χ1v) is 4.71. The van der Waals surface area contributed by atoms with Gasteiger partial charge in [-0.1, -0.05) is 17.6 Å². The lowest BCUT2D eigenvalue weighted by Gasteiger charge is -2.19. The average Bonchev–Trinajstić information content (AvgIpc) is 2.37. The van der Waals surface area contributed by atoms with Gasteiger partial charge in [-0.3, -0.25) is 4.84 Å². The largest absolute Gasteiger partial charge is 0.344 e. The first kappa shape index (κ1) is 9.33. The Bertz CT molecular complexity index is 303. The van der Waals surface area contributed by atoms with Crippen LogP contribution in [0.25, 0.3) is 0 Å². The van der Waals surface area contributed by atoms with E-state index in [1.807, 2.05) is 7.85 Å². The molecule has 2 rings (SSSR count). The van der Waals surface area contributed by atoms with Gasteiger partial charge in [0.2, 0.25) is 0 Å². The molecule has 1 fully saturated rings. The smallest absolute Gasteiger partial charge is 0.317 e. The van der Waals surface area contributed by atoms with E-state index in [1.54, 1.807) is 11.0 Å². The second-order valence-electron chi connectivity index (χ2n) is 3.65. The van der Waals surface area contributed by atoms with Gasteiger partial charge < -0.3 is 4.90 Å². The molecule has 0 aromatic carbocycles. The number of urea groups is 1. The maximum absolute atomic E-state index is 11.7. The van der Waals surface area contributed by atoms with Crippen LogP contribution in [0.5, 0.6) is 0 Å². The second-order valence-corrected chi connectivity index (χ2v) is 3.65. The minimum absolute atomic E-state index is 0.0371. The molecule has 4 nitrogen and oxygen atoms in total. The number of hydrogen-bond acceptors (Lipinski definition) is 2. The third-order valence-electron chi connectivity index (χ3n) is 2.42. The number of amides is 2. The lowest BCUT2D eigenvalue weighted by Crippen LogP contribution is -2.33. The van der Waals surface area contributed by atoms with Crippen molar-refractivity contribution in [2.24, 2.45) is 0 Å². The molecule has 0 saturated carbocycles. The Morgan fingerprint density at radius 3 is 3.29 bits per heavy atom. The number of nitrogens with zero attached hydrogens (tertiary/aromatic N) is 2. The van der Waals surface area contributed by atoms with Crippen molar-refractivity contribution >= 4 is 13.9 Å². The topological polar surface area (TPSA) is 32.8 Å². The summed E-state index contributed by atoms with van der Waals surface area (Å²) in [6, 6.07) is 0.0427. The molecule has 2 amide bonds. The predicted octanol–water partition coefficient (Wildman–Crippen LogP) is -0.259. The van der Waals surface area contributed by atoms with Crippen LogP contribution in [0.1, 0.15) is 0 Å². The van der Waals surface area contributed by atoms with E-state index >= 15 is 0 Å². The zero-order chi connectivity index (χ0) is 10.1. The van der Waals surface area contributed by atoms with Gasteiger partial charge in [-0.05, 0) is 0 Å². The molecule has 2 aliphatic rings. The molecule has 74 valence electrons. The minimum Gasteiger partial charge on any atom is -0.317 e. The van der Waals surface area contributed by atoms with Gasteiger partial charge in [-0.15, -0.1) is 6.58 Å². The molecule has 0 radical (unpaired) electrons. The zero-order valence-corrected chi connectivity index (χ0v) is 8.27. The summed E-state index contributed by atoms with van der Waals surface area (Å²) >= 11 is 0. The van der Waals surface area contributed by atoms with Crippen molar-refractivity contribution in [2.45, 2.75) is 6.04 Å². The summed E-state index contributed by atoms with van der Waals surface area (Å²) in [5.41, 5.74) is 1.22. The van der Waals surface area contributed by atoms with Crippen molar-refractivity contribution in [3.63, 3.8) is 0 Å². The van der Waals surface area contributed by atoms with Gasteiger partial charge in [-0.25, -0.2) is 4.79 Å². The van der Waals surface area contributed by atoms with Gasteiger partial charge in [0.1, 0.15) is 7.85 Å². The highest BCUT2D eigenvalue weighted by molar-refractivity contribution is 6.22. The summed E-state index contributed by atoms with van der Waals surface area (Å²) in [6.45, 7) is 5.40. The molecule has 2 bridgehead atoms. The second kappa shape index (κ2) is 3.50. The fraction of sp³-hybridized carbons (Fsp3) is 0.444. The van der Waals surface area contributed by atoms with E-state index in [9.17, 15) is 4.79 Å². The highest BCUT2D eigenvalue weighted by atomic mass is 16.7. The summed E-state index contributed by atoms with van der Waals surface area (Å²) < 4.78 is 0. The lowest BCUT2D eigenvalue weighted by atomic mass is 9.91. The first-order valence-electron chi connectivity index (χ1n) is 4.71. The van der Waals surface area contributed by atoms with Crippen molar-refractivity contribution in [2.75, 3.05) is 19.7 Å². The van der Waals surface area contributed by atoms with Crippen molar-refractivity contribution in [1.29, 1.82) is 0 Å². The van der Waals surface area contributed by atoms with Crippen LogP contribution >= 0.6 is 0 Å². The van der Waals surface area contributed by atoms with Crippen LogP contribution in [0.2, 0.25) is 0 Å². The molecule has 0 aromatic rings. The summed E-state index contributed by atoms with van der Waals surface area (Å²) in [7, 11) is 2.03. The van der Waals surface area contributed by atoms with E-state index in [0.717, 1.165) is 13.1 Å². The Balaban J connectivity index is 2.11. The molecule has 0 aliphatic carbocycles. The fourth-order valence-electron chi connectivity index (χ4n) is 1.88. The van der Waals surface area contributed by atoms with Crippen LogP contribution in [0.15, 0.2) is 24.2 Å². The maximum Gasteiger partial charge on any atom is 0.344 e. The third kappa shape index (κ3) is 1.44. The van der Waals surface area contributed by atoms with Gasteiger partial charge in [0.05, 0.1) is 12.6 Å². The molecular formula is C9H13BN2O2. The number of carbonyl (C=O) groups excluding carboxylic acids is 1. The summed E-state index contributed by atoms with van der Waals surface area (Å²) in [6.07, 6.45) is 3.73. The minimum atomic E-state index is -0.0371. The fourth-order valence-corrected chi connectivity index (χ4v) is 1.88. The van der Waals surface area contributed by atoms with E-state index < -0.39 is 0 Å². The zero-order valence-electron chi connectivity index (χ0n) is 8.27. The van der Waals surface area contributed by atoms with E-state index in [-0.39, 0.29) is 12.1 Å². The molecule has 0 N–H and O–H groups in total. The Hall–Kier alpha value is -1.23. The Kier molecular flexibility index (Phi) is 2.33. The van der Waals surface area contributed by atoms with Crippen LogP contribution in [0.3, 0.4) is 0 Å². The molecule has 0 spiro atoms. The Labute approximate surface area is 84.2 Å². The molecule has 2 heterocycles. The van der Waals surface area contributed by atoms with Crippen molar-refractivity contribution in [3.05, 3.63) is 24.2 Å². The maximum atomic E-state index is 11.7. The number of hydroxylamine groups is 2. The first-order chi connectivity index (χ1) is 6.72.